The minimum atomic E-state index is -0.517. The molecule has 1 spiro atoms. The number of rotatable bonds is 3. The molecule has 6 rings (SSSR count). The van der Waals surface area contributed by atoms with Crippen molar-refractivity contribution in [1.29, 1.82) is 0 Å². The van der Waals surface area contributed by atoms with Crippen molar-refractivity contribution in [2.75, 3.05) is 20.8 Å². The van der Waals surface area contributed by atoms with E-state index >= 15 is 0 Å². The molecule has 156 valence electrons. The van der Waals surface area contributed by atoms with E-state index in [4.69, 9.17) is 9.47 Å². The van der Waals surface area contributed by atoms with E-state index in [0.717, 1.165) is 22.9 Å². The molecule has 8 heteroatoms. The summed E-state index contributed by atoms with van der Waals surface area (Å²) in [6, 6.07) is 9.11. The number of nitrogens with one attached hydrogen (secondary N) is 2. The second-order valence-electron chi connectivity index (χ2n) is 8.28. The van der Waals surface area contributed by atoms with E-state index in [0.29, 0.717) is 29.4 Å². The number of nitrogens with zero attached hydrogens (tertiary/aromatic N) is 1. The maximum absolute atomic E-state index is 13.4. The fourth-order valence-corrected chi connectivity index (χ4v) is 5.20. The highest BCUT2D eigenvalue weighted by Crippen LogP contribution is 2.66. The number of H-pyrrole nitrogens is 2. The molecule has 3 heterocycles. The molecule has 0 bridgehead atoms. The van der Waals surface area contributed by atoms with E-state index in [1.54, 1.807) is 18.1 Å². The van der Waals surface area contributed by atoms with Crippen molar-refractivity contribution in [2.45, 2.75) is 11.8 Å². The standard InChI is InChI=1S/C23H19N3O5/c1-30-13-4-3-11-5-16(24-15(11)6-13)21(28)26-10-12-9-23(12)14-7-17(22(29)31-2)25-20(14)18(27)8-19(23)26/h3-8,12,24-25H,9-10H2,1-2H3/t12-,23-/m0/s1. The zero-order valence-electron chi connectivity index (χ0n) is 16.9. The molecule has 2 N–H and O–H groups in total. The number of carbonyl (C=O) groups is 3. The topological polar surface area (TPSA) is 104 Å². The van der Waals surface area contributed by atoms with Crippen LogP contribution in [0.3, 0.4) is 0 Å². The Bertz CT molecular complexity index is 1350. The molecule has 1 saturated carbocycles. The van der Waals surface area contributed by atoms with Crippen molar-refractivity contribution in [1.82, 2.24) is 14.9 Å². The molecule has 1 saturated heterocycles. The number of likely N-dealkylation sites (tertiary alicyclic amines) is 1. The normalized spacial score (nSPS) is 23.2. The number of fused-ring (bicyclic) bond motifs is 2. The number of amides is 1. The largest absolute Gasteiger partial charge is 0.497 e. The first kappa shape index (κ1) is 18.0. The zero-order chi connectivity index (χ0) is 21.5. The highest BCUT2D eigenvalue weighted by molar-refractivity contribution is 6.10. The van der Waals surface area contributed by atoms with Gasteiger partial charge in [0.2, 0.25) is 5.78 Å². The van der Waals surface area contributed by atoms with Gasteiger partial charge in [-0.25, -0.2) is 4.79 Å². The number of aromatic amines is 2. The molecule has 1 aromatic carbocycles. The Morgan fingerprint density at radius 1 is 1.13 bits per heavy atom. The summed E-state index contributed by atoms with van der Waals surface area (Å²) in [4.78, 5) is 46.0. The third kappa shape index (κ3) is 2.27. The minimum Gasteiger partial charge on any atom is -0.497 e. The molecule has 2 aliphatic carbocycles. The van der Waals surface area contributed by atoms with Crippen molar-refractivity contribution < 1.29 is 23.9 Å². The third-order valence-corrected chi connectivity index (χ3v) is 6.78. The van der Waals surface area contributed by atoms with Crippen LogP contribution in [0.2, 0.25) is 0 Å². The van der Waals surface area contributed by atoms with Crippen LogP contribution in [-0.4, -0.2) is 53.3 Å². The number of hydrogen-bond donors (Lipinski definition) is 2. The summed E-state index contributed by atoms with van der Waals surface area (Å²) < 4.78 is 10.0. The lowest BCUT2D eigenvalue weighted by Crippen LogP contribution is -2.33. The lowest BCUT2D eigenvalue weighted by Gasteiger charge is -2.27. The Kier molecular flexibility index (Phi) is 3.41. The number of ether oxygens (including phenoxy) is 2. The van der Waals surface area contributed by atoms with Crippen LogP contribution in [0.5, 0.6) is 5.75 Å². The number of carbonyl (C=O) groups excluding carboxylic acids is 3. The predicted molar refractivity (Wildman–Crippen MR) is 110 cm³/mol. The number of allylic oxidation sites excluding steroid dienone is 2. The van der Waals surface area contributed by atoms with Crippen LogP contribution in [0.4, 0.5) is 0 Å². The first-order valence-corrected chi connectivity index (χ1v) is 10.0. The van der Waals surface area contributed by atoms with Gasteiger partial charge in [0.15, 0.2) is 0 Å². The van der Waals surface area contributed by atoms with Crippen LogP contribution in [-0.2, 0) is 10.2 Å². The summed E-state index contributed by atoms with van der Waals surface area (Å²) in [6.07, 6.45) is 2.39. The van der Waals surface area contributed by atoms with Crippen LogP contribution in [0.25, 0.3) is 10.9 Å². The van der Waals surface area contributed by atoms with Crippen molar-refractivity contribution in [2.24, 2.45) is 5.92 Å². The molecular formula is C23H19N3O5. The van der Waals surface area contributed by atoms with E-state index < -0.39 is 11.4 Å². The Labute approximate surface area is 176 Å². The van der Waals surface area contributed by atoms with E-state index in [-0.39, 0.29) is 23.3 Å². The van der Waals surface area contributed by atoms with E-state index in [2.05, 4.69) is 9.97 Å². The molecular weight excluding hydrogens is 398 g/mol. The molecule has 2 fully saturated rings. The Morgan fingerprint density at radius 2 is 1.97 bits per heavy atom. The molecule has 3 aromatic rings. The second-order valence-corrected chi connectivity index (χ2v) is 8.28. The van der Waals surface area contributed by atoms with Gasteiger partial charge < -0.3 is 24.3 Å². The number of ketones is 1. The van der Waals surface area contributed by atoms with Crippen molar-refractivity contribution in [3.05, 3.63) is 64.8 Å². The van der Waals surface area contributed by atoms with Gasteiger partial charge in [-0.05, 0) is 42.2 Å². The molecule has 2 atom stereocenters. The van der Waals surface area contributed by atoms with Crippen LogP contribution < -0.4 is 4.74 Å². The first-order chi connectivity index (χ1) is 15.0. The third-order valence-electron chi connectivity index (χ3n) is 6.78. The average Bonchev–Trinajstić information content (AvgIpc) is 3.14. The predicted octanol–water partition coefficient (Wildman–Crippen LogP) is 2.79. The SMILES string of the molecule is COC(=O)c1cc2c([nH]1)C(=O)C=C1N(C(=O)c3cc4ccc(OC)cc4[nH]3)C[C@@H]3C[C@@]123. The van der Waals surface area contributed by atoms with Gasteiger partial charge >= 0.3 is 5.97 Å². The number of benzene rings is 1. The monoisotopic (exact) mass is 417 g/mol. The Morgan fingerprint density at radius 3 is 2.74 bits per heavy atom. The number of piperidine rings is 1. The van der Waals surface area contributed by atoms with Gasteiger partial charge in [0.1, 0.15) is 17.1 Å². The van der Waals surface area contributed by atoms with Crippen molar-refractivity contribution >= 4 is 28.6 Å². The Hall–Kier alpha value is -3.81. The summed E-state index contributed by atoms with van der Waals surface area (Å²) >= 11 is 0. The smallest absolute Gasteiger partial charge is 0.354 e. The summed E-state index contributed by atoms with van der Waals surface area (Å²) in [7, 11) is 2.90. The highest BCUT2D eigenvalue weighted by atomic mass is 16.5. The van der Waals surface area contributed by atoms with E-state index in [1.165, 1.54) is 13.2 Å². The minimum absolute atomic E-state index is 0.173. The van der Waals surface area contributed by atoms with Gasteiger partial charge in [-0.3, -0.25) is 9.59 Å². The maximum atomic E-state index is 13.4. The molecule has 0 radical (unpaired) electrons. The fourth-order valence-electron chi connectivity index (χ4n) is 5.20. The van der Waals surface area contributed by atoms with Crippen molar-refractivity contribution in [3.8, 4) is 5.75 Å². The molecule has 2 aromatic heterocycles. The highest BCUT2D eigenvalue weighted by Gasteiger charge is 2.67. The van der Waals surface area contributed by atoms with Gasteiger partial charge in [0.25, 0.3) is 5.91 Å². The number of hydrogen-bond acceptors (Lipinski definition) is 5. The van der Waals surface area contributed by atoms with E-state index in [9.17, 15) is 14.4 Å². The van der Waals surface area contributed by atoms with E-state index in [1.807, 2.05) is 24.3 Å². The molecule has 1 aliphatic heterocycles. The van der Waals surface area contributed by atoms with Gasteiger partial charge in [-0.2, -0.15) is 0 Å². The molecule has 31 heavy (non-hydrogen) atoms. The summed E-state index contributed by atoms with van der Waals surface area (Å²) in [5.41, 5.74) is 3.05. The summed E-state index contributed by atoms with van der Waals surface area (Å²) in [5.74, 6) is -0.000663. The van der Waals surface area contributed by atoms with Gasteiger partial charge in [-0.1, -0.05) is 0 Å². The molecule has 0 unspecified atom stereocenters. The first-order valence-electron chi connectivity index (χ1n) is 10.0. The van der Waals surface area contributed by atoms with Gasteiger partial charge in [0, 0.05) is 40.7 Å². The summed E-state index contributed by atoms with van der Waals surface area (Å²) in [6.45, 7) is 0.537. The Balaban J connectivity index is 1.38. The summed E-state index contributed by atoms with van der Waals surface area (Å²) in [5, 5.41) is 0.910. The zero-order valence-corrected chi connectivity index (χ0v) is 16.9. The number of methoxy groups -OCH3 is 2. The van der Waals surface area contributed by atoms with Crippen LogP contribution in [0.1, 0.15) is 43.4 Å². The quantitative estimate of drug-likeness (QED) is 0.638. The van der Waals surface area contributed by atoms with Crippen molar-refractivity contribution in [3.63, 3.8) is 0 Å². The fraction of sp³-hybridized carbons (Fsp3) is 0.261. The van der Waals surface area contributed by atoms with Gasteiger partial charge in [-0.15, -0.1) is 0 Å². The van der Waals surface area contributed by atoms with Crippen LogP contribution in [0, 0.1) is 5.92 Å². The molecule has 3 aliphatic rings. The van der Waals surface area contributed by atoms with Crippen LogP contribution >= 0.6 is 0 Å². The number of aromatic nitrogens is 2. The molecule has 1 amide bonds. The lowest BCUT2D eigenvalue weighted by atomic mass is 9.85. The van der Waals surface area contributed by atoms with Crippen LogP contribution in [0.15, 0.2) is 42.1 Å². The average molecular weight is 417 g/mol. The second kappa shape index (κ2) is 5.87. The lowest BCUT2D eigenvalue weighted by molar-refractivity contribution is 0.0594. The number of esters is 1. The molecule has 8 nitrogen and oxygen atoms in total. The van der Waals surface area contributed by atoms with Gasteiger partial charge in [0.05, 0.1) is 19.9 Å². The maximum Gasteiger partial charge on any atom is 0.354 e.